The molecule has 1 aliphatic heterocycles. The molecule has 0 bridgehead atoms. The maximum absolute atomic E-state index is 13.2. The Bertz CT molecular complexity index is 850. The van der Waals surface area contributed by atoms with Crippen molar-refractivity contribution in [3.8, 4) is 5.75 Å². The van der Waals surface area contributed by atoms with Crippen molar-refractivity contribution in [3.05, 3.63) is 51.7 Å². The molecule has 30 heavy (non-hydrogen) atoms. The molecule has 1 N–H and O–H groups in total. The van der Waals surface area contributed by atoms with Crippen LogP contribution in [-0.4, -0.2) is 54.5 Å². The standard InChI is InChI=1S/C23H31N3O3S/c1-4-12-25(23(28)24-5-2)15-22(27)26-13-10-21-19(11-14-30-21)20(26)16-29-18-8-6-17(3)7-9-18/h6-9,11,14,20H,4-5,10,12-13,15-16H2,1-3H3,(H,24,28). The zero-order chi connectivity index (χ0) is 21.5. The van der Waals surface area contributed by atoms with Crippen molar-refractivity contribution in [3.63, 3.8) is 0 Å². The Hall–Kier alpha value is -2.54. The lowest BCUT2D eigenvalue weighted by Gasteiger charge is -2.37. The van der Waals surface area contributed by atoms with Gasteiger partial charge >= 0.3 is 6.03 Å². The third-order valence-corrected chi connectivity index (χ3v) is 6.28. The van der Waals surface area contributed by atoms with Gasteiger partial charge in [-0.1, -0.05) is 24.6 Å². The minimum atomic E-state index is -0.187. The van der Waals surface area contributed by atoms with Gasteiger partial charge in [0, 0.05) is 24.5 Å². The molecule has 1 aromatic heterocycles. The number of urea groups is 1. The first kappa shape index (κ1) is 22.2. The van der Waals surface area contributed by atoms with Crippen LogP contribution in [0.2, 0.25) is 0 Å². The molecule has 0 radical (unpaired) electrons. The second-order valence-corrected chi connectivity index (χ2v) is 8.53. The number of carbonyl (C=O) groups is 2. The van der Waals surface area contributed by atoms with Gasteiger partial charge in [-0.2, -0.15) is 0 Å². The summed E-state index contributed by atoms with van der Waals surface area (Å²) in [5.74, 6) is 0.759. The summed E-state index contributed by atoms with van der Waals surface area (Å²) in [6, 6.07) is 9.71. The van der Waals surface area contributed by atoms with E-state index in [9.17, 15) is 9.59 Å². The Balaban J connectivity index is 1.74. The van der Waals surface area contributed by atoms with Crippen molar-refractivity contribution in [2.75, 3.05) is 32.8 Å². The number of aryl methyl sites for hydroxylation is 1. The minimum absolute atomic E-state index is 0.0379. The number of rotatable bonds is 8. The highest BCUT2D eigenvalue weighted by molar-refractivity contribution is 7.10. The van der Waals surface area contributed by atoms with E-state index in [1.807, 2.05) is 49.9 Å². The lowest BCUT2D eigenvalue weighted by molar-refractivity contribution is -0.135. The first-order chi connectivity index (χ1) is 14.5. The molecule has 0 aliphatic carbocycles. The van der Waals surface area contributed by atoms with Crippen LogP contribution in [0.15, 0.2) is 35.7 Å². The number of amides is 3. The molecule has 1 aliphatic rings. The summed E-state index contributed by atoms with van der Waals surface area (Å²) in [5, 5.41) is 4.88. The fourth-order valence-corrected chi connectivity index (χ4v) is 4.65. The fourth-order valence-electron chi connectivity index (χ4n) is 3.72. The van der Waals surface area contributed by atoms with Gasteiger partial charge in [-0.3, -0.25) is 4.79 Å². The summed E-state index contributed by atoms with van der Waals surface area (Å²) in [4.78, 5) is 30.4. The van der Waals surface area contributed by atoms with Gasteiger partial charge in [0.1, 0.15) is 18.9 Å². The van der Waals surface area contributed by atoms with Crippen molar-refractivity contribution < 1.29 is 14.3 Å². The molecule has 3 rings (SSSR count). The maximum atomic E-state index is 13.2. The molecule has 1 unspecified atom stereocenters. The molecule has 3 amide bonds. The number of benzene rings is 1. The summed E-state index contributed by atoms with van der Waals surface area (Å²) >= 11 is 1.73. The van der Waals surface area contributed by atoms with Gasteiger partial charge < -0.3 is 19.9 Å². The maximum Gasteiger partial charge on any atom is 0.317 e. The van der Waals surface area contributed by atoms with Crippen LogP contribution in [0.4, 0.5) is 4.79 Å². The number of fused-ring (bicyclic) bond motifs is 1. The van der Waals surface area contributed by atoms with Crippen molar-refractivity contribution in [2.24, 2.45) is 0 Å². The van der Waals surface area contributed by atoms with Gasteiger partial charge in [-0.05, 0) is 55.8 Å². The first-order valence-corrected chi connectivity index (χ1v) is 11.5. The van der Waals surface area contributed by atoms with Crippen LogP contribution in [0.1, 0.15) is 42.3 Å². The smallest absolute Gasteiger partial charge is 0.317 e. The second kappa shape index (κ2) is 10.5. The van der Waals surface area contributed by atoms with Crippen molar-refractivity contribution in [1.29, 1.82) is 0 Å². The third kappa shape index (κ3) is 5.33. The molecule has 6 nitrogen and oxygen atoms in total. The predicted octanol–water partition coefficient (Wildman–Crippen LogP) is 4.00. The lowest BCUT2D eigenvalue weighted by atomic mass is 10.0. The number of hydrogen-bond donors (Lipinski definition) is 1. The molecule has 2 aromatic rings. The van der Waals surface area contributed by atoms with E-state index < -0.39 is 0 Å². The number of nitrogens with one attached hydrogen (secondary N) is 1. The van der Waals surface area contributed by atoms with Gasteiger partial charge in [0.25, 0.3) is 0 Å². The molecule has 0 saturated carbocycles. The predicted molar refractivity (Wildman–Crippen MR) is 120 cm³/mol. The van der Waals surface area contributed by atoms with E-state index in [4.69, 9.17) is 4.74 Å². The highest BCUT2D eigenvalue weighted by Gasteiger charge is 2.33. The quantitative estimate of drug-likeness (QED) is 0.690. The van der Waals surface area contributed by atoms with Crippen LogP contribution in [0.25, 0.3) is 0 Å². The van der Waals surface area contributed by atoms with Gasteiger partial charge in [-0.25, -0.2) is 4.79 Å². The van der Waals surface area contributed by atoms with E-state index >= 15 is 0 Å². The number of hydrogen-bond acceptors (Lipinski definition) is 4. The largest absolute Gasteiger partial charge is 0.491 e. The van der Waals surface area contributed by atoms with Crippen molar-refractivity contribution in [2.45, 2.75) is 39.7 Å². The molecule has 1 atom stereocenters. The first-order valence-electron chi connectivity index (χ1n) is 10.6. The van der Waals surface area contributed by atoms with E-state index in [1.54, 1.807) is 16.2 Å². The summed E-state index contributed by atoms with van der Waals surface area (Å²) in [7, 11) is 0. The van der Waals surface area contributed by atoms with Gasteiger partial charge in [-0.15, -0.1) is 11.3 Å². The number of carbonyl (C=O) groups excluding carboxylic acids is 2. The third-order valence-electron chi connectivity index (χ3n) is 5.28. The second-order valence-electron chi connectivity index (χ2n) is 7.53. The molecule has 0 spiro atoms. The SMILES string of the molecule is CCCN(CC(=O)N1CCc2sccc2C1COc1ccc(C)cc1)C(=O)NCC. The molecule has 7 heteroatoms. The fraction of sp³-hybridized carbons (Fsp3) is 0.478. The van der Waals surface area contributed by atoms with Crippen LogP contribution < -0.4 is 10.1 Å². The summed E-state index contributed by atoms with van der Waals surface area (Å²) in [6.45, 7) is 8.15. The van der Waals surface area contributed by atoms with E-state index in [0.717, 1.165) is 24.2 Å². The molecule has 1 aromatic carbocycles. The zero-order valence-electron chi connectivity index (χ0n) is 18.0. The Morgan fingerprint density at radius 3 is 2.70 bits per heavy atom. The monoisotopic (exact) mass is 429 g/mol. The van der Waals surface area contributed by atoms with E-state index in [0.29, 0.717) is 26.2 Å². The van der Waals surface area contributed by atoms with Crippen LogP contribution in [0.3, 0.4) is 0 Å². The Morgan fingerprint density at radius 2 is 2.00 bits per heavy atom. The van der Waals surface area contributed by atoms with Crippen molar-refractivity contribution >= 4 is 23.3 Å². The molecule has 162 valence electrons. The highest BCUT2D eigenvalue weighted by atomic mass is 32.1. The number of nitrogens with zero attached hydrogens (tertiary/aromatic N) is 2. The highest BCUT2D eigenvalue weighted by Crippen LogP contribution is 2.34. The van der Waals surface area contributed by atoms with Crippen LogP contribution in [-0.2, 0) is 11.2 Å². The summed E-state index contributed by atoms with van der Waals surface area (Å²) < 4.78 is 6.06. The van der Waals surface area contributed by atoms with Crippen LogP contribution in [0, 0.1) is 6.92 Å². The average molecular weight is 430 g/mol. The summed E-state index contributed by atoms with van der Waals surface area (Å²) in [5.41, 5.74) is 2.34. The van der Waals surface area contributed by atoms with Gasteiger partial charge in [0.15, 0.2) is 0 Å². The van der Waals surface area contributed by atoms with Crippen molar-refractivity contribution in [1.82, 2.24) is 15.1 Å². The topological polar surface area (TPSA) is 61.9 Å². The molecule has 2 heterocycles. The molecular weight excluding hydrogens is 398 g/mol. The minimum Gasteiger partial charge on any atom is -0.491 e. The molecular formula is C23H31N3O3S. The van der Waals surface area contributed by atoms with E-state index in [1.165, 1.54) is 10.4 Å². The van der Waals surface area contributed by atoms with E-state index in [2.05, 4.69) is 16.8 Å². The zero-order valence-corrected chi connectivity index (χ0v) is 18.8. The Kier molecular flexibility index (Phi) is 7.74. The van der Waals surface area contributed by atoms with Crippen LogP contribution >= 0.6 is 11.3 Å². The average Bonchev–Trinajstić information content (AvgIpc) is 3.22. The Labute approximate surface area is 182 Å². The van der Waals surface area contributed by atoms with E-state index in [-0.39, 0.29) is 24.5 Å². The Morgan fingerprint density at radius 1 is 1.23 bits per heavy atom. The summed E-state index contributed by atoms with van der Waals surface area (Å²) in [6.07, 6.45) is 1.65. The van der Waals surface area contributed by atoms with Crippen LogP contribution in [0.5, 0.6) is 5.75 Å². The normalized spacial score (nSPS) is 15.4. The molecule has 0 fully saturated rings. The molecule has 0 saturated heterocycles. The number of thiophene rings is 1. The lowest BCUT2D eigenvalue weighted by Crippen LogP contribution is -2.50. The number of ether oxygens (including phenoxy) is 1. The van der Waals surface area contributed by atoms with Gasteiger partial charge in [0.2, 0.25) is 5.91 Å². The van der Waals surface area contributed by atoms with Gasteiger partial charge in [0.05, 0.1) is 6.04 Å².